The molecule has 1 aromatic heterocycles. The quantitative estimate of drug-likeness (QED) is 0.762. The molecular formula is C17H23N3O3. The number of aliphatic hydroxyl groups excluding tert-OH is 1. The molecule has 1 fully saturated rings. The number of fused-ring (bicyclic) bond motifs is 1. The fourth-order valence-corrected chi connectivity index (χ4v) is 2.70. The molecule has 23 heavy (non-hydrogen) atoms. The highest BCUT2D eigenvalue weighted by molar-refractivity contribution is 5.92. The molecule has 1 aromatic carbocycles. The third kappa shape index (κ3) is 3.64. The minimum absolute atomic E-state index is 0.0959. The van der Waals surface area contributed by atoms with E-state index in [1.807, 2.05) is 19.9 Å². The molecule has 2 aromatic rings. The van der Waals surface area contributed by atoms with Crippen molar-refractivity contribution in [3.8, 4) is 0 Å². The van der Waals surface area contributed by atoms with Gasteiger partial charge in [0.15, 0.2) is 11.5 Å². The van der Waals surface area contributed by atoms with Crippen molar-refractivity contribution in [1.29, 1.82) is 0 Å². The van der Waals surface area contributed by atoms with Crippen LogP contribution in [0.5, 0.6) is 0 Å². The van der Waals surface area contributed by atoms with Gasteiger partial charge in [-0.2, -0.15) is 0 Å². The number of oxazole rings is 1. The number of carbonyl (C=O) groups excluding carboxylic acids is 1. The van der Waals surface area contributed by atoms with E-state index in [0.29, 0.717) is 18.0 Å². The fraction of sp³-hybridized carbons (Fsp3) is 0.529. The van der Waals surface area contributed by atoms with E-state index in [0.717, 1.165) is 36.3 Å². The van der Waals surface area contributed by atoms with E-state index in [1.54, 1.807) is 12.1 Å². The van der Waals surface area contributed by atoms with E-state index in [-0.39, 0.29) is 12.6 Å². The van der Waals surface area contributed by atoms with Gasteiger partial charge in [-0.15, -0.1) is 0 Å². The van der Waals surface area contributed by atoms with E-state index in [9.17, 15) is 9.90 Å². The molecule has 6 nitrogen and oxygen atoms in total. The van der Waals surface area contributed by atoms with Crippen LogP contribution in [-0.2, 0) is 0 Å². The molecule has 0 bridgehead atoms. The molecule has 0 aliphatic heterocycles. The summed E-state index contributed by atoms with van der Waals surface area (Å²) in [5, 5.41) is 15.1. The van der Waals surface area contributed by atoms with E-state index < -0.39 is 5.54 Å². The maximum Gasteiger partial charge on any atom is 0.319 e. The molecule has 1 atom stereocenters. The number of benzene rings is 1. The van der Waals surface area contributed by atoms with Gasteiger partial charge in [0.2, 0.25) is 0 Å². The Hall–Kier alpha value is -2.08. The lowest BCUT2D eigenvalue weighted by Crippen LogP contribution is -2.50. The van der Waals surface area contributed by atoms with Crippen LogP contribution in [0.4, 0.5) is 10.5 Å². The van der Waals surface area contributed by atoms with E-state index in [1.165, 1.54) is 0 Å². The van der Waals surface area contributed by atoms with Crippen LogP contribution in [0, 0.1) is 0 Å². The predicted molar refractivity (Wildman–Crippen MR) is 88.5 cm³/mol. The molecular weight excluding hydrogens is 294 g/mol. The molecule has 1 heterocycles. The lowest BCUT2D eigenvalue weighted by molar-refractivity contribution is 0.167. The van der Waals surface area contributed by atoms with Gasteiger partial charge in [0, 0.05) is 11.6 Å². The van der Waals surface area contributed by atoms with Gasteiger partial charge in [-0.3, -0.25) is 0 Å². The lowest BCUT2D eigenvalue weighted by atomic mass is 9.98. The van der Waals surface area contributed by atoms with E-state index in [2.05, 4.69) is 15.6 Å². The molecule has 3 rings (SSSR count). The minimum Gasteiger partial charge on any atom is -0.440 e. The fourth-order valence-electron chi connectivity index (χ4n) is 2.70. The summed E-state index contributed by atoms with van der Waals surface area (Å²) < 4.78 is 5.71. The van der Waals surface area contributed by atoms with Crippen molar-refractivity contribution in [3.63, 3.8) is 0 Å². The van der Waals surface area contributed by atoms with Crippen molar-refractivity contribution in [2.45, 2.75) is 51.0 Å². The number of nitrogens with one attached hydrogen (secondary N) is 2. The SMILES string of the molecule is CCCC(C)(CO)NC(=O)Nc1ccc2oc(C3CC3)nc2c1. The van der Waals surface area contributed by atoms with Crippen LogP contribution < -0.4 is 10.6 Å². The van der Waals surface area contributed by atoms with Crippen LogP contribution >= 0.6 is 0 Å². The molecule has 3 N–H and O–H groups in total. The molecule has 6 heteroatoms. The van der Waals surface area contributed by atoms with Crippen molar-refractivity contribution < 1.29 is 14.3 Å². The van der Waals surface area contributed by atoms with Gasteiger partial charge in [0.25, 0.3) is 0 Å². The standard InChI is InChI=1S/C17H23N3O3/c1-3-8-17(2,10-21)20-16(22)18-12-6-7-14-13(9-12)19-15(23-14)11-4-5-11/h6-7,9,11,21H,3-5,8,10H2,1-2H3,(H2,18,20,22). The zero-order valence-electron chi connectivity index (χ0n) is 13.6. The van der Waals surface area contributed by atoms with Crippen LogP contribution in [0.25, 0.3) is 11.1 Å². The number of hydrogen-bond acceptors (Lipinski definition) is 4. The summed E-state index contributed by atoms with van der Waals surface area (Å²) >= 11 is 0. The van der Waals surface area contributed by atoms with Crippen LogP contribution in [0.15, 0.2) is 22.6 Å². The van der Waals surface area contributed by atoms with Crippen molar-refractivity contribution in [1.82, 2.24) is 10.3 Å². The second kappa shape index (κ2) is 6.20. The zero-order valence-corrected chi connectivity index (χ0v) is 13.6. The Morgan fingerprint density at radius 3 is 2.91 bits per heavy atom. The van der Waals surface area contributed by atoms with Crippen LogP contribution in [0.1, 0.15) is 51.3 Å². The van der Waals surface area contributed by atoms with Gasteiger partial charge in [-0.1, -0.05) is 13.3 Å². The summed E-state index contributed by atoms with van der Waals surface area (Å²) in [7, 11) is 0. The second-order valence-electron chi connectivity index (χ2n) is 6.56. The smallest absolute Gasteiger partial charge is 0.319 e. The minimum atomic E-state index is -0.615. The topological polar surface area (TPSA) is 87.4 Å². The van der Waals surface area contributed by atoms with Gasteiger partial charge in [0.05, 0.1) is 12.1 Å². The van der Waals surface area contributed by atoms with Crippen molar-refractivity contribution in [2.24, 2.45) is 0 Å². The number of carbonyl (C=O) groups is 1. The van der Waals surface area contributed by atoms with Gasteiger partial charge in [-0.05, 0) is 44.4 Å². The third-order valence-corrected chi connectivity index (χ3v) is 4.15. The molecule has 0 saturated heterocycles. The van der Waals surface area contributed by atoms with Crippen molar-refractivity contribution >= 4 is 22.8 Å². The molecule has 1 unspecified atom stereocenters. The first kappa shape index (κ1) is 15.8. The highest BCUT2D eigenvalue weighted by atomic mass is 16.3. The van der Waals surface area contributed by atoms with E-state index in [4.69, 9.17) is 4.42 Å². The number of anilines is 1. The number of rotatable bonds is 6. The summed E-state index contributed by atoms with van der Waals surface area (Å²) in [6.45, 7) is 3.75. The largest absolute Gasteiger partial charge is 0.440 e. The monoisotopic (exact) mass is 317 g/mol. The molecule has 1 saturated carbocycles. The Bertz CT molecular complexity index is 708. The number of amides is 2. The number of urea groups is 1. The predicted octanol–water partition coefficient (Wildman–Crippen LogP) is 3.38. The number of hydrogen-bond donors (Lipinski definition) is 3. The van der Waals surface area contributed by atoms with Gasteiger partial charge in [0.1, 0.15) is 5.52 Å². The Morgan fingerprint density at radius 2 is 2.26 bits per heavy atom. The summed E-state index contributed by atoms with van der Waals surface area (Å²) in [6, 6.07) is 5.08. The number of aliphatic hydroxyl groups is 1. The lowest BCUT2D eigenvalue weighted by Gasteiger charge is -2.28. The van der Waals surface area contributed by atoms with Crippen LogP contribution in [0.2, 0.25) is 0 Å². The highest BCUT2D eigenvalue weighted by Gasteiger charge is 2.29. The van der Waals surface area contributed by atoms with E-state index >= 15 is 0 Å². The first-order valence-corrected chi connectivity index (χ1v) is 8.13. The maximum atomic E-state index is 12.1. The first-order chi connectivity index (χ1) is 11.0. The molecule has 0 spiro atoms. The van der Waals surface area contributed by atoms with Crippen molar-refractivity contribution in [3.05, 3.63) is 24.1 Å². The third-order valence-electron chi connectivity index (χ3n) is 4.15. The highest BCUT2D eigenvalue weighted by Crippen LogP contribution is 2.40. The van der Waals surface area contributed by atoms with Crippen molar-refractivity contribution in [2.75, 3.05) is 11.9 Å². The average molecular weight is 317 g/mol. The Labute approximate surface area is 135 Å². The second-order valence-corrected chi connectivity index (χ2v) is 6.56. The molecule has 1 aliphatic rings. The summed E-state index contributed by atoms with van der Waals surface area (Å²) in [6.07, 6.45) is 3.87. The molecule has 1 aliphatic carbocycles. The first-order valence-electron chi connectivity index (χ1n) is 8.13. The summed E-state index contributed by atoms with van der Waals surface area (Å²) in [5.74, 6) is 1.25. The van der Waals surface area contributed by atoms with Gasteiger partial charge in [-0.25, -0.2) is 9.78 Å². The molecule has 124 valence electrons. The zero-order chi connectivity index (χ0) is 16.4. The summed E-state index contributed by atoms with van der Waals surface area (Å²) in [4.78, 5) is 16.6. The Balaban J connectivity index is 1.69. The van der Waals surface area contributed by atoms with Crippen LogP contribution in [-0.4, -0.2) is 28.3 Å². The molecule has 2 amide bonds. The number of nitrogens with zero attached hydrogens (tertiary/aromatic N) is 1. The normalized spacial score (nSPS) is 17.0. The maximum absolute atomic E-state index is 12.1. The Morgan fingerprint density at radius 1 is 1.48 bits per heavy atom. The number of aromatic nitrogens is 1. The van der Waals surface area contributed by atoms with Gasteiger partial charge < -0.3 is 20.2 Å². The summed E-state index contributed by atoms with van der Waals surface area (Å²) in [5.41, 5.74) is 1.53. The average Bonchev–Trinajstić information content (AvgIpc) is 3.27. The van der Waals surface area contributed by atoms with Gasteiger partial charge >= 0.3 is 6.03 Å². The Kier molecular flexibility index (Phi) is 4.26. The molecule has 0 radical (unpaired) electrons. The van der Waals surface area contributed by atoms with Crippen LogP contribution in [0.3, 0.4) is 0 Å².